The Morgan fingerprint density at radius 2 is 1.89 bits per heavy atom. The number of carbonyl (C=O) groups is 2. The number of amides is 2. The van der Waals surface area contributed by atoms with Crippen LogP contribution in [0.25, 0.3) is 11.0 Å². The number of hydrogen-bond donors (Lipinski definition) is 2. The number of hydrogen-bond acceptors (Lipinski definition) is 5. The van der Waals surface area contributed by atoms with Crippen molar-refractivity contribution in [2.45, 2.75) is 32.1 Å². The number of anilines is 1. The van der Waals surface area contributed by atoms with Crippen molar-refractivity contribution in [3.63, 3.8) is 0 Å². The summed E-state index contributed by atoms with van der Waals surface area (Å²) in [6, 6.07) is 7.91. The van der Waals surface area contributed by atoms with Gasteiger partial charge >= 0.3 is 0 Å². The van der Waals surface area contributed by atoms with Gasteiger partial charge in [-0.3, -0.25) is 14.4 Å². The molecule has 2 heterocycles. The topological polar surface area (TPSA) is 102 Å². The van der Waals surface area contributed by atoms with Crippen LogP contribution in [0.5, 0.6) is 0 Å². The number of nitrogens with one attached hydrogen (secondary N) is 1. The maximum absolute atomic E-state index is 12.7. The fourth-order valence-electron chi connectivity index (χ4n) is 3.47. The monoisotopic (exact) mass is 382 g/mol. The van der Waals surface area contributed by atoms with Crippen LogP contribution in [0.15, 0.2) is 39.5 Å². The van der Waals surface area contributed by atoms with E-state index < -0.39 is 11.8 Å². The van der Waals surface area contributed by atoms with E-state index in [2.05, 4.69) is 5.32 Å². The van der Waals surface area contributed by atoms with Gasteiger partial charge in [-0.1, -0.05) is 18.6 Å². The van der Waals surface area contributed by atoms with Crippen molar-refractivity contribution in [1.82, 2.24) is 0 Å². The lowest BCUT2D eigenvalue weighted by Crippen LogP contribution is -2.19. The largest absolute Gasteiger partial charge is 0.451 e. The Morgan fingerprint density at radius 3 is 2.70 bits per heavy atom. The maximum atomic E-state index is 12.7. The lowest BCUT2D eigenvalue weighted by atomic mass is 10.1. The number of benzene rings is 1. The van der Waals surface area contributed by atoms with Gasteiger partial charge in [0.1, 0.15) is 10.6 Å². The van der Waals surface area contributed by atoms with Crippen LogP contribution in [0.2, 0.25) is 0 Å². The second-order valence-corrected chi connectivity index (χ2v) is 7.66. The summed E-state index contributed by atoms with van der Waals surface area (Å²) >= 11 is 1.38. The van der Waals surface area contributed by atoms with Gasteiger partial charge in [0.25, 0.3) is 11.8 Å². The first-order valence-electron chi connectivity index (χ1n) is 8.83. The number of rotatable bonds is 3. The summed E-state index contributed by atoms with van der Waals surface area (Å²) < 4.78 is 5.58. The average Bonchev–Trinajstić information content (AvgIpc) is 2.82. The molecule has 1 aromatic carbocycles. The molecule has 0 unspecified atom stereocenters. The zero-order valence-electron chi connectivity index (χ0n) is 14.5. The molecule has 0 atom stereocenters. The number of thiophene rings is 1. The minimum Gasteiger partial charge on any atom is -0.451 e. The van der Waals surface area contributed by atoms with Gasteiger partial charge in [0.05, 0.1) is 10.9 Å². The van der Waals surface area contributed by atoms with Gasteiger partial charge in [0, 0.05) is 10.9 Å². The molecule has 6 nitrogen and oxygen atoms in total. The SMILES string of the molecule is NC(=O)c1c(NC(=O)c2cc(=O)c3ccccc3o2)sc2c1CCCCC2. The molecule has 1 aliphatic rings. The predicted molar refractivity (Wildman–Crippen MR) is 105 cm³/mol. The van der Waals surface area contributed by atoms with E-state index in [0.29, 0.717) is 21.5 Å². The summed E-state index contributed by atoms with van der Waals surface area (Å²) in [7, 11) is 0. The van der Waals surface area contributed by atoms with Crippen molar-refractivity contribution in [2.75, 3.05) is 5.32 Å². The third-order valence-corrected chi connectivity index (χ3v) is 5.96. The highest BCUT2D eigenvalue weighted by atomic mass is 32.1. The number of primary amides is 1. The summed E-state index contributed by atoms with van der Waals surface area (Å²) in [5.41, 5.74) is 6.96. The van der Waals surface area contributed by atoms with Crippen molar-refractivity contribution in [1.29, 1.82) is 0 Å². The molecular weight excluding hydrogens is 364 g/mol. The normalized spacial score (nSPS) is 13.8. The Balaban J connectivity index is 1.71. The van der Waals surface area contributed by atoms with Crippen LogP contribution < -0.4 is 16.5 Å². The van der Waals surface area contributed by atoms with Gasteiger partial charge in [-0.15, -0.1) is 11.3 Å². The average molecular weight is 382 g/mol. The van der Waals surface area contributed by atoms with Crippen LogP contribution in [0.1, 0.15) is 50.6 Å². The van der Waals surface area contributed by atoms with E-state index in [4.69, 9.17) is 10.2 Å². The number of aryl methyl sites for hydroxylation is 1. The van der Waals surface area contributed by atoms with Gasteiger partial charge < -0.3 is 15.5 Å². The number of nitrogens with two attached hydrogens (primary N) is 1. The molecule has 1 aliphatic carbocycles. The molecule has 0 saturated carbocycles. The van der Waals surface area contributed by atoms with Gasteiger partial charge in [0.2, 0.25) is 0 Å². The quantitative estimate of drug-likeness (QED) is 0.677. The number of para-hydroxylation sites is 1. The number of fused-ring (bicyclic) bond motifs is 2. The van der Waals surface area contributed by atoms with Crippen LogP contribution in [0, 0.1) is 0 Å². The molecule has 7 heteroatoms. The van der Waals surface area contributed by atoms with Gasteiger partial charge in [-0.05, 0) is 43.4 Å². The molecular formula is C20H18N2O4S. The van der Waals surface area contributed by atoms with E-state index in [9.17, 15) is 14.4 Å². The molecule has 138 valence electrons. The third kappa shape index (κ3) is 3.26. The predicted octanol–water partition coefficient (Wildman–Crippen LogP) is 3.47. The minimum atomic E-state index is -0.572. The molecule has 3 aromatic rings. The van der Waals surface area contributed by atoms with E-state index >= 15 is 0 Å². The minimum absolute atomic E-state index is 0.0993. The Bertz CT molecular complexity index is 1110. The Morgan fingerprint density at radius 1 is 1.11 bits per heavy atom. The second-order valence-electron chi connectivity index (χ2n) is 6.56. The van der Waals surface area contributed by atoms with Gasteiger partial charge in [0.15, 0.2) is 11.2 Å². The zero-order valence-corrected chi connectivity index (χ0v) is 15.4. The smallest absolute Gasteiger partial charge is 0.292 e. The highest BCUT2D eigenvalue weighted by Gasteiger charge is 2.25. The maximum Gasteiger partial charge on any atom is 0.292 e. The summed E-state index contributed by atoms with van der Waals surface area (Å²) in [6.45, 7) is 0. The molecule has 0 saturated heterocycles. The Kier molecular flexibility index (Phi) is 4.53. The molecule has 0 bridgehead atoms. The van der Waals surface area contributed by atoms with Crippen molar-refractivity contribution >= 4 is 39.1 Å². The highest BCUT2D eigenvalue weighted by Crippen LogP contribution is 2.37. The van der Waals surface area contributed by atoms with E-state index in [1.54, 1.807) is 24.3 Å². The summed E-state index contributed by atoms with van der Waals surface area (Å²) in [6.07, 6.45) is 4.82. The Hall–Kier alpha value is -2.93. The summed E-state index contributed by atoms with van der Waals surface area (Å²) in [4.78, 5) is 38.0. The fourth-order valence-corrected chi connectivity index (χ4v) is 4.76. The van der Waals surface area contributed by atoms with Gasteiger partial charge in [-0.25, -0.2) is 0 Å². The summed E-state index contributed by atoms with van der Waals surface area (Å²) in [5, 5.41) is 3.56. The van der Waals surface area contributed by atoms with Crippen molar-refractivity contribution in [2.24, 2.45) is 5.73 Å². The lowest BCUT2D eigenvalue weighted by Gasteiger charge is -2.06. The Labute approximate surface area is 159 Å². The first-order chi connectivity index (χ1) is 13.0. The number of carbonyl (C=O) groups excluding carboxylic acids is 2. The second kappa shape index (κ2) is 7.00. The van der Waals surface area contributed by atoms with Crippen molar-refractivity contribution in [3.05, 3.63) is 62.3 Å². The first-order valence-corrected chi connectivity index (χ1v) is 9.65. The van der Waals surface area contributed by atoms with Crippen LogP contribution in [-0.2, 0) is 12.8 Å². The summed E-state index contributed by atoms with van der Waals surface area (Å²) in [5.74, 6) is -1.22. The third-order valence-electron chi connectivity index (χ3n) is 4.75. The molecule has 3 N–H and O–H groups in total. The van der Waals surface area contributed by atoms with E-state index in [0.717, 1.165) is 42.5 Å². The van der Waals surface area contributed by atoms with Gasteiger partial charge in [-0.2, -0.15) is 0 Å². The van der Waals surface area contributed by atoms with E-state index in [1.165, 1.54) is 17.4 Å². The molecule has 0 aliphatic heterocycles. The van der Waals surface area contributed by atoms with Crippen molar-refractivity contribution in [3.8, 4) is 0 Å². The molecule has 27 heavy (non-hydrogen) atoms. The zero-order chi connectivity index (χ0) is 19.0. The molecule has 2 amide bonds. The van der Waals surface area contributed by atoms with E-state index in [-0.39, 0.29) is 11.2 Å². The fraction of sp³-hybridized carbons (Fsp3) is 0.250. The van der Waals surface area contributed by atoms with Crippen LogP contribution in [0.4, 0.5) is 5.00 Å². The van der Waals surface area contributed by atoms with E-state index in [1.807, 2.05) is 0 Å². The van der Waals surface area contributed by atoms with Crippen molar-refractivity contribution < 1.29 is 14.0 Å². The first kappa shape index (κ1) is 17.5. The highest BCUT2D eigenvalue weighted by molar-refractivity contribution is 7.17. The molecule has 0 spiro atoms. The van der Waals surface area contributed by atoms with Crippen LogP contribution in [-0.4, -0.2) is 11.8 Å². The van der Waals surface area contributed by atoms with Crippen LogP contribution in [0.3, 0.4) is 0 Å². The van der Waals surface area contributed by atoms with Crippen LogP contribution >= 0.6 is 11.3 Å². The molecule has 4 rings (SSSR count). The molecule has 0 fully saturated rings. The molecule has 2 aromatic heterocycles. The lowest BCUT2D eigenvalue weighted by molar-refractivity contribution is 0.0997. The molecule has 0 radical (unpaired) electrons. The standard InChI is InChI=1S/C20H18N2O4S/c21-18(24)17-12-7-2-1-3-9-16(12)27-20(17)22-19(25)15-10-13(23)11-6-4-5-8-14(11)26-15/h4-6,8,10H,1-3,7,9H2,(H2,21,24)(H,22,25).